The van der Waals surface area contributed by atoms with Gasteiger partial charge < -0.3 is 9.64 Å². The number of methoxy groups -OCH3 is 1. The Morgan fingerprint density at radius 1 is 1.29 bits per heavy atom. The molecular formula is C16H21NO3S. The number of amides is 1. The van der Waals surface area contributed by atoms with E-state index in [1.54, 1.807) is 11.3 Å². The molecule has 21 heavy (non-hydrogen) atoms. The summed E-state index contributed by atoms with van der Waals surface area (Å²) in [4.78, 5) is 27.7. The minimum absolute atomic E-state index is 0.100. The number of ether oxygens (including phenoxy) is 1. The van der Waals surface area contributed by atoms with E-state index in [1.807, 2.05) is 10.3 Å². The van der Waals surface area contributed by atoms with Crippen LogP contribution < -0.4 is 0 Å². The van der Waals surface area contributed by atoms with Gasteiger partial charge in [-0.2, -0.15) is 0 Å². The van der Waals surface area contributed by atoms with Gasteiger partial charge in [-0.25, -0.2) is 0 Å². The van der Waals surface area contributed by atoms with Gasteiger partial charge in [0.15, 0.2) is 0 Å². The predicted molar refractivity (Wildman–Crippen MR) is 81.6 cm³/mol. The molecule has 0 spiro atoms. The van der Waals surface area contributed by atoms with Gasteiger partial charge in [0.1, 0.15) is 0 Å². The Labute approximate surface area is 129 Å². The molecular weight excluding hydrogens is 286 g/mol. The number of esters is 1. The molecule has 0 saturated carbocycles. The van der Waals surface area contributed by atoms with E-state index in [9.17, 15) is 9.59 Å². The normalized spacial score (nSPS) is 21.8. The van der Waals surface area contributed by atoms with Gasteiger partial charge in [-0.1, -0.05) is 0 Å². The molecule has 1 aliphatic carbocycles. The first-order valence-corrected chi connectivity index (χ1v) is 8.55. The molecule has 2 heterocycles. The fraction of sp³-hybridized carbons (Fsp3) is 0.625. The van der Waals surface area contributed by atoms with Gasteiger partial charge in [0.25, 0.3) is 5.91 Å². The number of aryl methyl sites for hydroxylation is 1. The SMILES string of the molecule is COC(=O)C1CCCN(C(=O)c2csc3c2CCCC3)C1. The quantitative estimate of drug-likeness (QED) is 0.789. The zero-order valence-electron chi connectivity index (χ0n) is 12.4. The highest BCUT2D eigenvalue weighted by Gasteiger charge is 2.31. The topological polar surface area (TPSA) is 46.6 Å². The fourth-order valence-corrected chi connectivity index (χ4v) is 4.48. The molecule has 1 aliphatic heterocycles. The Morgan fingerprint density at radius 2 is 2.10 bits per heavy atom. The minimum atomic E-state index is -0.195. The van der Waals surface area contributed by atoms with Crippen molar-refractivity contribution < 1.29 is 14.3 Å². The average molecular weight is 307 g/mol. The van der Waals surface area contributed by atoms with Crippen LogP contribution in [-0.4, -0.2) is 37.0 Å². The third-order valence-electron chi connectivity index (χ3n) is 4.53. The van der Waals surface area contributed by atoms with Gasteiger partial charge >= 0.3 is 5.97 Å². The van der Waals surface area contributed by atoms with Crippen molar-refractivity contribution in [3.8, 4) is 0 Å². The van der Waals surface area contributed by atoms with E-state index in [4.69, 9.17) is 4.74 Å². The molecule has 4 nitrogen and oxygen atoms in total. The van der Waals surface area contributed by atoms with Crippen LogP contribution in [0.5, 0.6) is 0 Å². The maximum atomic E-state index is 12.8. The first kappa shape index (κ1) is 14.6. The highest BCUT2D eigenvalue weighted by Crippen LogP contribution is 2.31. The fourth-order valence-electron chi connectivity index (χ4n) is 3.36. The monoisotopic (exact) mass is 307 g/mol. The number of rotatable bonds is 2. The highest BCUT2D eigenvalue weighted by atomic mass is 32.1. The lowest BCUT2D eigenvalue weighted by Gasteiger charge is -2.31. The Morgan fingerprint density at radius 3 is 2.90 bits per heavy atom. The summed E-state index contributed by atoms with van der Waals surface area (Å²) in [6.45, 7) is 1.24. The Kier molecular flexibility index (Phi) is 4.29. The Balaban J connectivity index is 1.75. The molecule has 1 saturated heterocycles. The Hall–Kier alpha value is -1.36. The summed E-state index contributed by atoms with van der Waals surface area (Å²) in [6, 6.07) is 0. The third-order valence-corrected chi connectivity index (χ3v) is 5.62. The van der Waals surface area contributed by atoms with Crippen LogP contribution in [0.3, 0.4) is 0 Å². The second-order valence-corrected chi connectivity index (χ2v) is 6.84. The number of fused-ring (bicyclic) bond motifs is 1. The Bertz CT molecular complexity index is 552. The summed E-state index contributed by atoms with van der Waals surface area (Å²) in [6.07, 6.45) is 6.23. The molecule has 0 radical (unpaired) electrons. The third kappa shape index (κ3) is 2.84. The predicted octanol–water partition coefficient (Wildman–Crippen LogP) is 2.65. The van der Waals surface area contributed by atoms with Gasteiger partial charge in [-0.05, 0) is 44.1 Å². The smallest absolute Gasteiger partial charge is 0.310 e. The molecule has 0 aromatic carbocycles. The van der Waals surface area contributed by atoms with Crippen molar-refractivity contribution >= 4 is 23.2 Å². The molecule has 5 heteroatoms. The number of nitrogens with zero attached hydrogens (tertiary/aromatic N) is 1. The average Bonchev–Trinajstić information content (AvgIpc) is 2.97. The first-order chi connectivity index (χ1) is 10.2. The van der Waals surface area contributed by atoms with Crippen molar-refractivity contribution in [2.24, 2.45) is 5.92 Å². The van der Waals surface area contributed by atoms with Gasteiger partial charge in [0, 0.05) is 23.3 Å². The van der Waals surface area contributed by atoms with Crippen molar-refractivity contribution in [3.05, 3.63) is 21.4 Å². The number of likely N-dealkylation sites (tertiary alicyclic amines) is 1. The summed E-state index contributed by atoms with van der Waals surface area (Å²) < 4.78 is 4.82. The van der Waals surface area contributed by atoms with Gasteiger partial charge in [-0.15, -0.1) is 11.3 Å². The molecule has 1 fully saturated rings. The van der Waals surface area contributed by atoms with Gasteiger partial charge in [0.05, 0.1) is 18.6 Å². The molecule has 1 amide bonds. The van der Waals surface area contributed by atoms with Gasteiger partial charge in [-0.3, -0.25) is 9.59 Å². The number of piperidine rings is 1. The van der Waals surface area contributed by atoms with E-state index in [-0.39, 0.29) is 17.8 Å². The lowest BCUT2D eigenvalue weighted by Crippen LogP contribution is -2.42. The standard InChI is InChI=1S/C16H21NO3S/c1-20-16(19)11-5-4-8-17(9-11)15(18)13-10-21-14-7-3-2-6-12(13)14/h10-11H,2-9H2,1H3. The van der Waals surface area contributed by atoms with Crippen molar-refractivity contribution in [2.45, 2.75) is 38.5 Å². The number of carbonyl (C=O) groups is 2. The van der Waals surface area contributed by atoms with Crippen LogP contribution in [-0.2, 0) is 22.4 Å². The minimum Gasteiger partial charge on any atom is -0.469 e. The largest absolute Gasteiger partial charge is 0.469 e. The van der Waals surface area contributed by atoms with E-state index in [0.717, 1.165) is 37.8 Å². The molecule has 1 unspecified atom stereocenters. The second-order valence-electron chi connectivity index (χ2n) is 5.87. The summed E-state index contributed by atoms with van der Waals surface area (Å²) >= 11 is 1.72. The zero-order valence-corrected chi connectivity index (χ0v) is 13.2. The number of hydrogen-bond acceptors (Lipinski definition) is 4. The number of hydrogen-bond donors (Lipinski definition) is 0. The van der Waals surface area contributed by atoms with Crippen LogP contribution >= 0.6 is 11.3 Å². The van der Waals surface area contributed by atoms with E-state index in [2.05, 4.69) is 0 Å². The van der Waals surface area contributed by atoms with Crippen LogP contribution in [0.25, 0.3) is 0 Å². The summed E-state index contributed by atoms with van der Waals surface area (Å²) in [5, 5.41) is 2.01. The summed E-state index contributed by atoms with van der Waals surface area (Å²) in [5.74, 6) is -0.259. The van der Waals surface area contributed by atoms with Crippen LogP contribution in [0.15, 0.2) is 5.38 Å². The molecule has 3 rings (SSSR count). The molecule has 1 aromatic heterocycles. The maximum absolute atomic E-state index is 12.8. The molecule has 1 atom stereocenters. The molecule has 114 valence electrons. The summed E-state index contributed by atoms with van der Waals surface area (Å²) in [7, 11) is 1.42. The van der Waals surface area contributed by atoms with E-state index in [0.29, 0.717) is 6.54 Å². The molecule has 0 N–H and O–H groups in total. The van der Waals surface area contributed by atoms with E-state index >= 15 is 0 Å². The van der Waals surface area contributed by atoms with Crippen LogP contribution in [0.1, 0.15) is 46.5 Å². The lowest BCUT2D eigenvalue weighted by atomic mass is 9.94. The first-order valence-electron chi connectivity index (χ1n) is 7.67. The van der Waals surface area contributed by atoms with Crippen LogP contribution in [0, 0.1) is 5.92 Å². The summed E-state index contributed by atoms with van der Waals surface area (Å²) in [5.41, 5.74) is 2.14. The number of thiophene rings is 1. The van der Waals surface area contributed by atoms with Crippen molar-refractivity contribution in [3.63, 3.8) is 0 Å². The van der Waals surface area contributed by atoms with E-state index < -0.39 is 0 Å². The second kappa shape index (κ2) is 6.18. The van der Waals surface area contributed by atoms with Crippen LogP contribution in [0.2, 0.25) is 0 Å². The lowest BCUT2D eigenvalue weighted by molar-refractivity contribution is -0.146. The molecule has 0 bridgehead atoms. The molecule has 2 aliphatic rings. The van der Waals surface area contributed by atoms with Crippen LogP contribution in [0.4, 0.5) is 0 Å². The van der Waals surface area contributed by atoms with E-state index in [1.165, 1.54) is 30.4 Å². The van der Waals surface area contributed by atoms with Crippen molar-refractivity contribution in [1.29, 1.82) is 0 Å². The number of carbonyl (C=O) groups excluding carboxylic acids is 2. The van der Waals surface area contributed by atoms with Crippen molar-refractivity contribution in [1.82, 2.24) is 4.90 Å². The highest BCUT2D eigenvalue weighted by molar-refractivity contribution is 7.10. The van der Waals surface area contributed by atoms with Gasteiger partial charge in [0.2, 0.25) is 0 Å². The maximum Gasteiger partial charge on any atom is 0.310 e. The molecule has 1 aromatic rings. The van der Waals surface area contributed by atoms with Crippen molar-refractivity contribution in [2.75, 3.05) is 20.2 Å². The zero-order chi connectivity index (χ0) is 14.8.